The fraction of sp³-hybridized carbons (Fsp3) is 0.655. The van der Waals surface area contributed by atoms with Gasteiger partial charge in [0.15, 0.2) is 0 Å². The summed E-state index contributed by atoms with van der Waals surface area (Å²) in [5, 5.41) is 4.70. The van der Waals surface area contributed by atoms with E-state index in [0.29, 0.717) is 48.0 Å². The van der Waals surface area contributed by atoms with Crippen molar-refractivity contribution in [3.63, 3.8) is 0 Å². The SMILES string of the molecule is C=C(COCC(F)(F)S(=O)(=O)OS1(c2ccc(C(C)(C)C)cc2)CCCC1)C(=O)OC1CC2CC(CC#N)C1C2. The highest BCUT2D eigenvalue weighted by Gasteiger charge is 2.51. The minimum atomic E-state index is -5.34. The number of ether oxygens (including phenoxy) is 2. The van der Waals surface area contributed by atoms with Gasteiger partial charge in [0.25, 0.3) is 0 Å². The number of carbonyl (C=O) groups is 1. The molecular formula is C29H39F2NO6S2. The third-order valence-corrected chi connectivity index (χ3v) is 13.9. The van der Waals surface area contributed by atoms with Crippen LogP contribution >= 0.6 is 10.3 Å². The fourth-order valence-electron chi connectivity index (χ4n) is 6.10. The molecule has 2 saturated carbocycles. The van der Waals surface area contributed by atoms with Crippen LogP contribution in [0, 0.1) is 29.1 Å². The van der Waals surface area contributed by atoms with Crippen LogP contribution in [0.25, 0.3) is 0 Å². The first-order chi connectivity index (χ1) is 18.7. The van der Waals surface area contributed by atoms with E-state index in [-0.39, 0.29) is 28.9 Å². The Balaban J connectivity index is 1.33. The van der Waals surface area contributed by atoms with E-state index in [0.717, 1.165) is 18.4 Å². The summed E-state index contributed by atoms with van der Waals surface area (Å²) in [6, 6.07) is 9.55. The van der Waals surface area contributed by atoms with Crippen LogP contribution in [0.15, 0.2) is 41.3 Å². The Labute approximate surface area is 237 Å². The number of benzene rings is 1. The van der Waals surface area contributed by atoms with E-state index in [1.165, 1.54) is 0 Å². The molecule has 0 spiro atoms. The summed E-state index contributed by atoms with van der Waals surface area (Å²) < 4.78 is 71.5. The highest BCUT2D eigenvalue weighted by Crippen LogP contribution is 2.63. The summed E-state index contributed by atoms with van der Waals surface area (Å²) in [4.78, 5) is 13.1. The van der Waals surface area contributed by atoms with E-state index in [9.17, 15) is 22.0 Å². The summed E-state index contributed by atoms with van der Waals surface area (Å²) in [6.07, 6.45) is 4.03. The van der Waals surface area contributed by atoms with Crippen molar-refractivity contribution in [2.24, 2.45) is 17.8 Å². The number of hydrogen-bond donors (Lipinski definition) is 0. The van der Waals surface area contributed by atoms with Gasteiger partial charge in [0, 0.05) is 28.7 Å². The topological polar surface area (TPSA) is 103 Å². The average Bonchev–Trinajstić information content (AvgIpc) is 3.60. The molecule has 0 radical (unpaired) electrons. The number of alkyl halides is 2. The predicted molar refractivity (Wildman–Crippen MR) is 149 cm³/mol. The maximum atomic E-state index is 15.0. The zero-order chi connectivity index (χ0) is 29.3. The molecule has 11 heteroatoms. The Morgan fingerprint density at radius 2 is 1.77 bits per heavy atom. The number of carbonyl (C=O) groups excluding carboxylic acids is 1. The lowest BCUT2D eigenvalue weighted by atomic mass is 9.85. The molecule has 7 nitrogen and oxygen atoms in total. The highest BCUT2D eigenvalue weighted by atomic mass is 32.3. The monoisotopic (exact) mass is 599 g/mol. The van der Waals surface area contributed by atoms with Crippen LogP contribution in [0.1, 0.15) is 64.9 Å². The molecule has 0 amide bonds. The van der Waals surface area contributed by atoms with Gasteiger partial charge in [-0.1, -0.05) is 49.8 Å². The van der Waals surface area contributed by atoms with E-state index in [2.05, 4.69) is 33.4 Å². The van der Waals surface area contributed by atoms with Crippen LogP contribution < -0.4 is 0 Å². The predicted octanol–water partition coefficient (Wildman–Crippen LogP) is 6.24. The van der Waals surface area contributed by atoms with Gasteiger partial charge in [-0.3, -0.25) is 0 Å². The smallest absolute Gasteiger partial charge is 0.393 e. The standard InChI is InChI=1S/C29H39F2NO6S2/c1-20(27(33)37-26-17-21-15-22(11-12-32)25(26)16-21)18-36-19-29(30,31)40(34,35)38-39(13-5-6-14-39)24-9-7-23(8-10-24)28(2,3)4/h7-10,21-22,25-26H,1,5-6,11,13-19H2,2-4H3. The van der Waals surface area contributed by atoms with Gasteiger partial charge in [0.05, 0.1) is 18.2 Å². The Morgan fingerprint density at radius 1 is 1.12 bits per heavy atom. The molecule has 1 heterocycles. The van der Waals surface area contributed by atoms with Crippen LogP contribution in [0.2, 0.25) is 0 Å². The Kier molecular flexibility index (Phi) is 9.06. The lowest BCUT2D eigenvalue weighted by Crippen LogP contribution is -2.37. The molecule has 0 aromatic heterocycles. The second-order valence-corrected chi connectivity index (χ2v) is 17.2. The molecule has 1 aliphatic heterocycles. The van der Waals surface area contributed by atoms with Crippen LogP contribution in [-0.2, 0) is 33.4 Å². The summed E-state index contributed by atoms with van der Waals surface area (Å²) in [5.41, 5.74) is 0.762. The lowest BCUT2D eigenvalue weighted by Gasteiger charge is -2.36. The maximum absolute atomic E-state index is 15.0. The third kappa shape index (κ3) is 6.56. The van der Waals surface area contributed by atoms with Gasteiger partial charge < -0.3 is 9.47 Å². The molecule has 1 aromatic rings. The first-order valence-corrected chi connectivity index (χ1v) is 17.0. The molecule has 4 rings (SSSR count). The molecule has 2 aliphatic carbocycles. The quantitative estimate of drug-likeness (QED) is 0.219. The number of esters is 1. The number of nitrogens with zero attached hydrogens (tertiary/aromatic N) is 1. The van der Waals surface area contributed by atoms with E-state index in [1.807, 2.05) is 12.1 Å². The summed E-state index contributed by atoms with van der Waals surface area (Å²) in [5.74, 6) is 0.735. The minimum absolute atomic E-state index is 0.110. The minimum Gasteiger partial charge on any atom is -0.459 e. The van der Waals surface area contributed by atoms with Crippen molar-refractivity contribution in [2.45, 2.75) is 81.0 Å². The average molecular weight is 600 g/mol. The van der Waals surface area contributed by atoms with Gasteiger partial charge >= 0.3 is 21.3 Å². The Bertz CT molecular complexity index is 1250. The zero-order valence-electron chi connectivity index (χ0n) is 23.4. The van der Waals surface area contributed by atoms with Crippen LogP contribution in [-0.4, -0.2) is 50.5 Å². The first-order valence-electron chi connectivity index (χ1n) is 13.7. The molecule has 4 unspecified atom stereocenters. The molecule has 222 valence electrons. The number of nitriles is 1. The highest BCUT2D eigenvalue weighted by molar-refractivity contribution is 8.33. The van der Waals surface area contributed by atoms with Gasteiger partial charge in [-0.25, -0.2) is 8.42 Å². The van der Waals surface area contributed by atoms with Gasteiger partial charge in [-0.2, -0.15) is 22.5 Å². The molecular weight excluding hydrogens is 560 g/mol. The molecule has 3 fully saturated rings. The zero-order valence-corrected chi connectivity index (χ0v) is 25.0. The normalized spacial score (nSPS) is 26.8. The van der Waals surface area contributed by atoms with Crippen molar-refractivity contribution in [3.05, 3.63) is 42.0 Å². The van der Waals surface area contributed by atoms with Crippen molar-refractivity contribution >= 4 is 26.4 Å². The number of hydrogen-bond acceptors (Lipinski definition) is 7. The molecule has 3 aliphatic rings. The molecule has 4 atom stereocenters. The van der Waals surface area contributed by atoms with Crippen molar-refractivity contribution < 1.29 is 35.1 Å². The van der Waals surface area contributed by atoms with Gasteiger partial charge in [-0.15, -0.1) is 0 Å². The number of fused-ring (bicyclic) bond motifs is 2. The van der Waals surface area contributed by atoms with Crippen LogP contribution in [0.5, 0.6) is 0 Å². The second-order valence-electron chi connectivity index (χ2n) is 12.3. The van der Waals surface area contributed by atoms with E-state index in [1.54, 1.807) is 12.1 Å². The summed E-state index contributed by atoms with van der Waals surface area (Å²) in [7, 11) is -7.80. The van der Waals surface area contributed by atoms with Gasteiger partial charge in [-0.05, 0) is 67.1 Å². The molecule has 0 N–H and O–H groups in total. The first kappa shape index (κ1) is 30.9. The van der Waals surface area contributed by atoms with E-state index in [4.69, 9.17) is 18.4 Å². The van der Waals surface area contributed by atoms with Gasteiger partial charge in [0.1, 0.15) is 12.7 Å². The van der Waals surface area contributed by atoms with Crippen molar-refractivity contribution in [3.8, 4) is 6.07 Å². The fourth-order valence-corrected chi connectivity index (χ4v) is 11.6. The second kappa shape index (κ2) is 11.7. The van der Waals surface area contributed by atoms with Crippen molar-refractivity contribution in [2.75, 3.05) is 24.7 Å². The van der Waals surface area contributed by atoms with Crippen LogP contribution in [0.4, 0.5) is 8.78 Å². The van der Waals surface area contributed by atoms with Crippen molar-refractivity contribution in [1.82, 2.24) is 0 Å². The maximum Gasteiger partial charge on any atom is 0.393 e. The Morgan fingerprint density at radius 3 is 2.35 bits per heavy atom. The third-order valence-electron chi connectivity index (χ3n) is 8.27. The lowest BCUT2D eigenvalue weighted by molar-refractivity contribution is -0.148. The largest absolute Gasteiger partial charge is 0.459 e. The van der Waals surface area contributed by atoms with Gasteiger partial charge in [0.2, 0.25) is 0 Å². The van der Waals surface area contributed by atoms with E-state index >= 15 is 0 Å². The number of rotatable bonds is 11. The van der Waals surface area contributed by atoms with E-state index < -0.39 is 44.9 Å². The number of halogens is 2. The van der Waals surface area contributed by atoms with Crippen molar-refractivity contribution in [1.29, 1.82) is 5.26 Å². The molecule has 1 aromatic carbocycles. The summed E-state index contributed by atoms with van der Waals surface area (Å²) >= 11 is 0. The molecule has 1 saturated heterocycles. The molecule has 2 bridgehead atoms. The van der Waals surface area contributed by atoms with Crippen LogP contribution in [0.3, 0.4) is 0 Å². The summed E-state index contributed by atoms with van der Waals surface area (Å²) in [6.45, 7) is 7.68. The Hall–Kier alpha value is -2.00. The molecule has 40 heavy (non-hydrogen) atoms.